The Labute approximate surface area is 133 Å². The molecule has 2 atom stereocenters. The molecule has 116 valence electrons. The molecule has 2 aromatic carbocycles. The number of nitrogens with zero attached hydrogens (tertiary/aromatic N) is 1. The minimum atomic E-state index is -0.470. The summed E-state index contributed by atoms with van der Waals surface area (Å²) in [4.78, 5) is 2.38. The van der Waals surface area contributed by atoms with Gasteiger partial charge in [-0.2, -0.15) is 0 Å². The first-order valence-electron chi connectivity index (χ1n) is 8.08. The Morgan fingerprint density at radius 1 is 1.09 bits per heavy atom. The summed E-state index contributed by atoms with van der Waals surface area (Å²) in [5.41, 5.74) is 3.68. The summed E-state index contributed by atoms with van der Waals surface area (Å²) in [5.74, 6) is 0.552. The van der Waals surface area contributed by atoms with E-state index in [1.807, 2.05) is 30.3 Å². The number of aliphatic hydroxyl groups is 1. The van der Waals surface area contributed by atoms with Crippen molar-refractivity contribution in [3.63, 3.8) is 0 Å². The third-order valence-electron chi connectivity index (χ3n) is 4.83. The molecule has 22 heavy (non-hydrogen) atoms. The highest BCUT2D eigenvalue weighted by atomic mass is 16.3. The lowest BCUT2D eigenvalue weighted by atomic mass is 9.80. The van der Waals surface area contributed by atoms with Crippen LogP contribution in [0.4, 0.5) is 5.69 Å². The Bertz CT molecular complexity index is 635. The first kappa shape index (κ1) is 15.1. The predicted octanol–water partition coefficient (Wildman–Crippen LogP) is 4.51. The Balaban J connectivity index is 1.93. The van der Waals surface area contributed by atoms with Gasteiger partial charge in [0.05, 0.1) is 6.10 Å². The zero-order valence-electron chi connectivity index (χ0n) is 13.7. The summed E-state index contributed by atoms with van der Waals surface area (Å²) in [6.07, 6.45) is 0.632. The van der Waals surface area contributed by atoms with Crippen molar-refractivity contribution in [1.29, 1.82) is 0 Å². The quantitative estimate of drug-likeness (QED) is 0.900. The van der Waals surface area contributed by atoms with Gasteiger partial charge in [0.25, 0.3) is 0 Å². The lowest BCUT2D eigenvalue weighted by molar-refractivity contribution is 0.171. The summed E-state index contributed by atoms with van der Waals surface area (Å²) in [7, 11) is 0. The third kappa shape index (κ3) is 2.76. The molecule has 2 heteroatoms. The van der Waals surface area contributed by atoms with Crippen LogP contribution in [0.15, 0.2) is 54.6 Å². The molecule has 3 rings (SSSR count). The van der Waals surface area contributed by atoms with E-state index in [0.29, 0.717) is 12.5 Å². The van der Waals surface area contributed by atoms with Crippen molar-refractivity contribution in [2.75, 3.05) is 11.4 Å². The third-order valence-corrected chi connectivity index (χ3v) is 4.83. The Hall–Kier alpha value is -1.80. The monoisotopic (exact) mass is 295 g/mol. The van der Waals surface area contributed by atoms with E-state index in [2.05, 4.69) is 49.9 Å². The van der Waals surface area contributed by atoms with E-state index in [-0.39, 0.29) is 5.54 Å². The molecule has 1 aliphatic rings. The summed E-state index contributed by atoms with van der Waals surface area (Å²) in [5, 5.41) is 10.7. The number of β-amino-alcohol motifs (C(OH)–C–C–N with tert-alkyl or cyclic N) is 1. The average molecular weight is 295 g/mol. The minimum absolute atomic E-state index is 0.0452. The van der Waals surface area contributed by atoms with Crippen LogP contribution in [0.1, 0.15) is 50.3 Å². The summed E-state index contributed by atoms with van der Waals surface area (Å²) in [6, 6.07) is 18.5. The largest absolute Gasteiger partial charge is 0.387 e. The lowest BCUT2D eigenvalue weighted by Crippen LogP contribution is -2.50. The number of hydrogen-bond acceptors (Lipinski definition) is 2. The normalized spacial score (nSPS) is 21.3. The van der Waals surface area contributed by atoms with Gasteiger partial charge < -0.3 is 10.0 Å². The van der Waals surface area contributed by atoms with Crippen molar-refractivity contribution in [3.05, 3.63) is 65.7 Å². The second-order valence-corrected chi connectivity index (χ2v) is 7.01. The maximum Gasteiger partial charge on any atom is 0.0965 e. The van der Waals surface area contributed by atoms with Crippen LogP contribution in [0.25, 0.3) is 0 Å². The van der Waals surface area contributed by atoms with E-state index in [1.165, 1.54) is 11.3 Å². The maximum atomic E-state index is 10.7. The van der Waals surface area contributed by atoms with Crippen LogP contribution < -0.4 is 4.90 Å². The standard InChI is InChI=1S/C20H25NO/c1-15-13-20(2,3)21(18-12-8-7-11-17(15)18)14-19(22)16-9-5-4-6-10-16/h4-12,15,19,22H,13-14H2,1-3H3. The number of rotatable bonds is 3. The molecule has 0 radical (unpaired) electrons. The topological polar surface area (TPSA) is 23.5 Å². The van der Waals surface area contributed by atoms with Gasteiger partial charge in [0.2, 0.25) is 0 Å². The Kier molecular flexibility index (Phi) is 3.96. The zero-order chi connectivity index (χ0) is 15.7. The van der Waals surface area contributed by atoms with Gasteiger partial charge in [-0.05, 0) is 43.4 Å². The second-order valence-electron chi connectivity index (χ2n) is 7.01. The fourth-order valence-corrected chi connectivity index (χ4v) is 3.74. The molecular formula is C20H25NO. The van der Waals surface area contributed by atoms with Crippen molar-refractivity contribution in [2.24, 2.45) is 0 Å². The SMILES string of the molecule is CC1CC(C)(C)N(CC(O)c2ccccc2)c2ccccc21. The molecule has 1 aliphatic heterocycles. The van der Waals surface area contributed by atoms with Crippen molar-refractivity contribution in [1.82, 2.24) is 0 Å². The molecule has 2 aromatic rings. The molecule has 0 saturated heterocycles. The van der Waals surface area contributed by atoms with E-state index < -0.39 is 6.10 Å². The molecule has 0 amide bonds. The Morgan fingerprint density at radius 2 is 1.73 bits per heavy atom. The van der Waals surface area contributed by atoms with Crippen LogP contribution in [0.2, 0.25) is 0 Å². The number of anilines is 1. The molecular weight excluding hydrogens is 270 g/mol. The molecule has 0 aromatic heterocycles. The molecule has 0 saturated carbocycles. The molecule has 1 N–H and O–H groups in total. The van der Waals surface area contributed by atoms with Gasteiger partial charge in [0.1, 0.15) is 0 Å². The highest BCUT2D eigenvalue weighted by Crippen LogP contribution is 2.43. The van der Waals surface area contributed by atoms with Crippen LogP contribution in [0, 0.1) is 0 Å². The van der Waals surface area contributed by atoms with Crippen molar-refractivity contribution < 1.29 is 5.11 Å². The fraction of sp³-hybridized carbons (Fsp3) is 0.400. The van der Waals surface area contributed by atoms with Gasteiger partial charge in [-0.25, -0.2) is 0 Å². The number of aliphatic hydroxyl groups excluding tert-OH is 1. The van der Waals surface area contributed by atoms with Crippen molar-refractivity contribution in [2.45, 2.75) is 44.8 Å². The van der Waals surface area contributed by atoms with Gasteiger partial charge in [0.15, 0.2) is 0 Å². The second kappa shape index (κ2) is 5.77. The zero-order valence-corrected chi connectivity index (χ0v) is 13.7. The number of hydrogen-bond donors (Lipinski definition) is 1. The molecule has 1 heterocycles. The van der Waals surface area contributed by atoms with Gasteiger partial charge in [-0.1, -0.05) is 55.5 Å². The van der Waals surface area contributed by atoms with E-state index in [4.69, 9.17) is 0 Å². The molecule has 0 aliphatic carbocycles. The molecule has 0 bridgehead atoms. The van der Waals surface area contributed by atoms with E-state index in [1.54, 1.807) is 0 Å². The van der Waals surface area contributed by atoms with Crippen LogP contribution in [0.5, 0.6) is 0 Å². The summed E-state index contributed by atoms with van der Waals surface area (Å²) >= 11 is 0. The van der Waals surface area contributed by atoms with Crippen LogP contribution in [0.3, 0.4) is 0 Å². The minimum Gasteiger partial charge on any atom is -0.387 e. The van der Waals surface area contributed by atoms with Gasteiger partial charge in [-0.3, -0.25) is 0 Å². The summed E-state index contributed by atoms with van der Waals surface area (Å²) < 4.78 is 0. The number of para-hydroxylation sites is 1. The summed E-state index contributed by atoms with van der Waals surface area (Å²) in [6.45, 7) is 7.47. The van der Waals surface area contributed by atoms with E-state index in [0.717, 1.165) is 12.0 Å². The van der Waals surface area contributed by atoms with Crippen LogP contribution >= 0.6 is 0 Å². The fourth-order valence-electron chi connectivity index (χ4n) is 3.74. The molecule has 2 nitrogen and oxygen atoms in total. The number of fused-ring (bicyclic) bond motifs is 1. The van der Waals surface area contributed by atoms with Gasteiger partial charge in [-0.15, -0.1) is 0 Å². The highest BCUT2D eigenvalue weighted by Gasteiger charge is 2.36. The van der Waals surface area contributed by atoms with Crippen molar-refractivity contribution in [3.8, 4) is 0 Å². The first-order valence-corrected chi connectivity index (χ1v) is 8.08. The van der Waals surface area contributed by atoms with E-state index in [9.17, 15) is 5.11 Å². The van der Waals surface area contributed by atoms with Gasteiger partial charge >= 0.3 is 0 Å². The first-order chi connectivity index (χ1) is 10.5. The van der Waals surface area contributed by atoms with Crippen LogP contribution in [-0.2, 0) is 0 Å². The number of benzene rings is 2. The Morgan fingerprint density at radius 3 is 2.45 bits per heavy atom. The maximum absolute atomic E-state index is 10.7. The van der Waals surface area contributed by atoms with Gasteiger partial charge in [0, 0.05) is 17.8 Å². The van der Waals surface area contributed by atoms with Crippen LogP contribution in [-0.4, -0.2) is 17.2 Å². The average Bonchev–Trinajstić information content (AvgIpc) is 2.51. The predicted molar refractivity (Wildman–Crippen MR) is 92.3 cm³/mol. The smallest absolute Gasteiger partial charge is 0.0965 e. The van der Waals surface area contributed by atoms with E-state index >= 15 is 0 Å². The molecule has 0 fully saturated rings. The molecule has 0 spiro atoms. The van der Waals surface area contributed by atoms with Crippen molar-refractivity contribution >= 4 is 5.69 Å². The highest BCUT2D eigenvalue weighted by molar-refractivity contribution is 5.59. The lowest BCUT2D eigenvalue weighted by Gasteiger charge is -2.48. The molecule has 2 unspecified atom stereocenters.